The van der Waals surface area contributed by atoms with Gasteiger partial charge in [-0.15, -0.1) is 0 Å². The third-order valence-electron chi connectivity index (χ3n) is 3.49. The van der Waals surface area contributed by atoms with Crippen molar-refractivity contribution >= 4 is 5.69 Å². The highest BCUT2D eigenvalue weighted by atomic mass is 16.3. The number of hydrogen-bond acceptors (Lipinski definition) is 2. The summed E-state index contributed by atoms with van der Waals surface area (Å²) in [6.07, 6.45) is 4.62. The molecule has 2 heteroatoms. The van der Waals surface area contributed by atoms with Crippen LogP contribution in [-0.2, 0) is 0 Å². The van der Waals surface area contributed by atoms with Crippen molar-refractivity contribution in [3.05, 3.63) is 41.6 Å². The summed E-state index contributed by atoms with van der Waals surface area (Å²) in [6, 6.07) is 8.36. The lowest BCUT2D eigenvalue weighted by Gasteiger charge is -2.34. The van der Waals surface area contributed by atoms with E-state index < -0.39 is 0 Å². The summed E-state index contributed by atoms with van der Waals surface area (Å²) in [5.41, 5.74) is 3.88. The van der Waals surface area contributed by atoms with Gasteiger partial charge in [0.25, 0.3) is 0 Å². The average molecular weight is 245 g/mol. The van der Waals surface area contributed by atoms with Crippen LogP contribution < -0.4 is 5.32 Å². The summed E-state index contributed by atoms with van der Waals surface area (Å²) < 4.78 is 0. The highest BCUT2D eigenvalue weighted by molar-refractivity contribution is 5.47. The van der Waals surface area contributed by atoms with E-state index in [4.69, 9.17) is 0 Å². The van der Waals surface area contributed by atoms with Gasteiger partial charge in [-0.25, -0.2) is 0 Å². The normalized spacial score (nSPS) is 25.1. The quantitative estimate of drug-likeness (QED) is 0.829. The van der Waals surface area contributed by atoms with E-state index in [1.54, 1.807) is 0 Å². The third-order valence-corrected chi connectivity index (χ3v) is 3.49. The molecule has 0 bridgehead atoms. The van der Waals surface area contributed by atoms with E-state index in [2.05, 4.69) is 56.6 Å². The fraction of sp³-hybridized carbons (Fsp3) is 0.500. The zero-order valence-electron chi connectivity index (χ0n) is 11.5. The van der Waals surface area contributed by atoms with Crippen molar-refractivity contribution in [2.24, 2.45) is 5.41 Å². The van der Waals surface area contributed by atoms with Gasteiger partial charge in [0, 0.05) is 11.9 Å². The molecule has 0 spiro atoms. The topological polar surface area (TPSA) is 32.3 Å². The molecule has 0 heterocycles. The molecular weight excluding hydrogens is 222 g/mol. The van der Waals surface area contributed by atoms with Crippen LogP contribution in [0.2, 0.25) is 0 Å². The van der Waals surface area contributed by atoms with Gasteiger partial charge in [-0.2, -0.15) is 0 Å². The standard InChI is InChI=1S/C16H23NO/c1-12-4-6-14(7-5-12)17-11-13-8-15(18)10-16(2,3)9-13/h4-7,11,15,17-18H,8-10H2,1-3H3/b13-11-. The third kappa shape index (κ3) is 3.61. The van der Waals surface area contributed by atoms with Crippen molar-refractivity contribution in [3.8, 4) is 0 Å². The lowest BCUT2D eigenvalue weighted by atomic mass is 9.74. The SMILES string of the molecule is Cc1ccc(N/C=C2/CC(O)CC(C)(C)C2)cc1. The van der Waals surface area contributed by atoms with E-state index in [1.807, 2.05) is 0 Å². The minimum atomic E-state index is -0.195. The number of rotatable bonds is 2. The number of aryl methyl sites for hydroxylation is 1. The molecule has 2 rings (SSSR count). The zero-order chi connectivity index (χ0) is 13.2. The Morgan fingerprint density at radius 1 is 1.28 bits per heavy atom. The first-order valence-corrected chi connectivity index (χ1v) is 6.64. The van der Waals surface area contributed by atoms with Crippen LogP contribution in [0.4, 0.5) is 5.69 Å². The van der Waals surface area contributed by atoms with Crippen molar-refractivity contribution in [1.82, 2.24) is 0 Å². The van der Waals surface area contributed by atoms with E-state index in [0.29, 0.717) is 0 Å². The van der Waals surface area contributed by atoms with Crippen molar-refractivity contribution in [1.29, 1.82) is 0 Å². The maximum absolute atomic E-state index is 9.88. The number of nitrogens with one attached hydrogen (secondary N) is 1. The second kappa shape index (κ2) is 5.15. The highest BCUT2D eigenvalue weighted by Crippen LogP contribution is 2.38. The Morgan fingerprint density at radius 3 is 2.56 bits per heavy atom. The minimum Gasteiger partial charge on any atom is -0.393 e. The Labute approximate surface area is 110 Å². The predicted molar refractivity (Wildman–Crippen MR) is 76.5 cm³/mol. The van der Waals surface area contributed by atoms with Gasteiger partial charge in [0.05, 0.1) is 6.10 Å². The summed E-state index contributed by atoms with van der Waals surface area (Å²) in [7, 11) is 0. The van der Waals surface area contributed by atoms with Crippen LogP contribution in [0.15, 0.2) is 36.0 Å². The van der Waals surface area contributed by atoms with Gasteiger partial charge < -0.3 is 10.4 Å². The summed E-state index contributed by atoms with van der Waals surface area (Å²) in [5, 5.41) is 13.2. The molecule has 0 amide bonds. The van der Waals surface area contributed by atoms with Crippen molar-refractivity contribution in [2.75, 3.05) is 5.32 Å². The molecule has 0 aromatic heterocycles. The monoisotopic (exact) mass is 245 g/mol. The molecule has 0 aliphatic heterocycles. The van der Waals surface area contributed by atoms with Crippen LogP contribution in [0.3, 0.4) is 0 Å². The molecule has 0 radical (unpaired) electrons. The highest BCUT2D eigenvalue weighted by Gasteiger charge is 2.29. The molecule has 1 unspecified atom stereocenters. The van der Waals surface area contributed by atoms with Gasteiger partial charge in [-0.3, -0.25) is 0 Å². The van der Waals surface area contributed by atoms with Gasteiger partial charge in [-0.05, 0) is 43.7 Å². The van der Waals surface area contributed by atoms with Crippen molar-refractivity contribution in [2.45, 2.75) is 46.1 Å². The molecule has 2 N–H and O–H groups in total. The first kappa shape index (κ1) is 13.2. The fourth-order valence-electron chi connectivity index (χ4n) is 2.72. The van der Waals surface area contributed by atoms with E-state index >= 15 is 0 Å². The van der Waals surface area contributed by atoms with Crippen LogP contribution in [0.25, 0.3) is 0 Å². The lowest BCUT2D eigenvalue weighted by Crippen LogP contribution is -2.27. The van der Waals surface area contributed by atoms with E-state index in [0.717, 1.165) is 24.9 Å². The van der Waals surface area contributed by atoms with Crippen LogP contribution in [0.5, 0.6) is 0 Å². The Morgan fingerprint density at radius 2 is 1.94 bits per heavy atom. The number of benzene rings is 1. The second-order valence-corrected chi connectivity index (χ2v) is 6.22. The van der Waals surface area contributed by atoms with Crippen LogP contribution in [0, 0.1) is 12.3 Å². The van der Waals surface area contributed by atoms with E-state index in [1.165, 1.54) is 11.1 Å². The largest absolute Gasteiger partial charge is 0.393 e. The molecule has 1 aliphatic rings. The second-order valence-electron chi connectivity index (χ2n) is 6.22. The predicted octanol–water partition coefficient (Wildman–Crippen LogP) is 3.86. The Bertz CT molecular complexity index is 431. The Kier molecular flexibility index (Phi) is 3.76. The molecule has 1 fully saturated rings. The Hall–Kier alpha value is -1.28. The van der Waals surface area contributed by atoms with Crippen LogP contribution >= 0.6 is 0 Å². The number of anilines is 1. The minimum absolute atomic E-state index is 0.195. The number of hydrogen-bond donors (Lipinski definition) is 2. The van der Waals surface area contributed by atoms with Gasteiger partial charge in [0.1, 0.15) is 0 Å². The smallest absolute Gasteiger partial charge is 0.0583 e. The summed E-state index contributed by atoms with van der Waals surface area (Å²) in [5.74, 6) is 0. The first-order chi connectivity index (χ1) is 8.44. The van der Waals surface area contributed by atoms with Crippen molar-refractivity contribution < 1.29 is 5.11 Å². The molecule has 98 valence electrons. The molecule has 1 atom stereocenters. The number of aliphatic hydroxyl groups is 1. The maximum Gasteiger partial charge on any atom is 0.0583 e. The summed E-state index contributed by atoms with van der Waals surface area (Å²) in [6.45, 7) is 6.52. The first-order valence-electron chi connectivity index (χ1n) is 6.64. The van der Waals surface area contributed by atoms with Crippen LogP contribution in [-0.4, -0.2) is 11.2 Å². The molecular formula is C16H23NO. The lowest BCUT2D eigenvalue weighted by molar-refractivity contribution is 0.0906. The van der Waals surface area contributed by atoms with Gasteiger partial charge >= 0.3 is 0 Å². The van der Waals surface area contributed by atoms with E-state index in [9.17, 15) is 5.11 Å². The molecule has 1 aromatic carbocycles. The van der Waals surface area contributed by atoms with Gasteiger partial charge in [0.15, 0.2) is 0 Å². The molecule has 0 saturated heterocycles. The summed E-state index contributed by atoms with van der Waals surface area (Å²) in [4.78, 5) is 0. The fourth-order valence-corrected chi connectivity index (χ4v) is 2.72. The molecule has 1 saturated carbocycles. The van der Waals surface area contributed by atoms with Gasteiger partial charge in [0.2, 0.25) is 0 Å². The van der Waals surface area contributed by atoms with E-state index in [-0.39, 0.29) is 11.5 Å². The van der Waals surface area contributed by atoms with Gasteiger partial charge in [-0.1, -0.05) is 37.1 Å². The van der Waals surface area contributed by atoms with Crippen molar-refractivity contribution in [3.63, 3.8) is 0 Å². The maximum atomic E-state index is 9.88. The molecule has 18 heavy (non-hydrogen) atoms. The number of aliphatic hydroxyl groups excluding tert-OH is 1. The molecule has 1 aromatic rings. The molecule has 2 nitrogen and oxygen atoms in total. The summed E-state index contributed by atoms with van der Waals surface area (Å²) >= 11 is 0. The Balaban J connectivity index is 2.02. The zero-order valence-corrected chi connectivity index (χ0v) is 11.5. The van der Waals surface area contributed by atoms with Crippen LogP contribution in [0.1, 0.15) is 38.7 Å². The molecule has 1 aliphatic carbocycles. The average Bonchev–Trinajstić information content (AvgIpc) is 2.25.